The van der Waals surface area contributed by atoms with E-state index in [0.29, 0.717) is 17.4 Å². The van der Waals surface area contributed by atoms with Crippen molar-refractivity contribution in [3.63, 3.8) is 0 Å². The molecule has 0 unspecified atom stereocenters. The van der Waals surface area contributed by atoms with Crippen LogP contribution in [0.1, 0.15) is 53.0 Å². The van der Waals surface area contributed by atoms with Crippen molar-refractivity contribution >= 4 is 23.3 Å². The first-order valence-electron chi connectivity index (χ1n) is 8.99. The third-order valence-corrected chi connectivity index (χ3v) is 4.95. The van der Waals surface area contributed by atoms with Gasteiger partial charge >= 0.3 is 5.97 Å². The standard InChI is InChI=1S/C20H22FN3O3/c1-24(15-5-3-2-4-6-15)18-10-8-14(11-16(18)21)23-19(25)17-9-7-13(12-22-17)20(26)27/h7-12,15H,2-6H2,1H3,(H,23,25)(H,26,27). The molecule has 27 heavy (non-hydrogen) atoms. The summed E-state index contributed by atoms with van der Waals surface area (Å²) in [4.78, 5) is 28.9. The minimum absolute atomic E-state index is 0.00676. The molecule has 0 saturated heterocycles. The molecule has 6 nitrogen and oxygen atoms in total. The second-order valence-electron chi connectivity index (χ2n) is 6.76. The van der Waals surface area contributed by atoms with E-state index in [4.69, 9.17) is 5.11 Å². The van der Waals surface area contributed by atoms with E-state index in [2.05, 4.69) is 10.3 Å². The van der Waals surface area contributed by atoms with Crippen LogP contribution in [-0.2, 0) is 0 Å². The maximum Gasteiger partial charge on any atom is 0.337 e. The number of carboxylic acid groups (broad SMARTS) is 1. The summed E-state index contributed by atoms with van der Waals surface area (Å²) in [6.07, 6.45) is 6.80. The summed E-state index contributed by atoms with van der Waals surface area (Å²) in [6, 6.07) is 7.57. The van der Waals surface area contributed by atoms with Crippen LogP contribution in [0.4, 0.5) is 15.8 Å². The van der Waals surface area contributed by atoms with Gasteiger partial charge in [0.2, 0.25) is 0 Å². The Morgan fingerprint density at radius 1 is 1.19 bits per heavy atom. The third kappa shape index (κ3) is 4.42. The second-order valence-corrected chi connectivity index (χ2v) is 6.76. The van der Waals surface area contributed by atoms with Crippen LogP contribution >= 0.6 is 0 Å². The summed E-state index contributed by atoms with van der Waals surface area (Å²) >= 11 is 0. The number of aromatic carboxylic acids is 1. The number of nitrogens with one attached hydrogen (secondary N) is 1. The van der Waals surface area contributed by atoms with Gasteiger partial charge in [-0.15, -0.1) is 0 Å². The Labute approximate surface area is 157 Å². The van der Waals surface area contributed by atoms with E-state index >= 15 is 0 Å². The van der Waals surface area contributed by atoms with E-state index in [1.165, 1.54) is 37.5 Å². The smallest absolute Gasteiger partial charge is 0.337 e. The highest BCUT2D eigenvalue weighted by molar-refractivity contribution is 6.03. The molecule has 3 rings (SSSR count). The summed E-state index contributed by atoms with van der Waals surface area (Å²) in [5.41, 5.74) is 0.891. The summed E-state index contributed by atoms with van der Waals surface area (Å²) in [7, 11) is 1.90. The minimum Gasteiger partial charge on any atom is -0.478 e. The van der Waals surface area contributed by atoms with E-state index < -0.39 is 17.7 Å². The number of benzene rings is 1. The van der Waals surface area contributed by atoms with E-state index in [1.54, 1.807) is 12.1 Å². The molecule has 1 aliphatic rings. The zero-order valence-corrected chi connectivity index (χ0v) is 15.1. The predicted octanol–water partition coefficient (Wildman–Crippen LogP) is 3.94. The molecule has 1 aromatic heterocycles. The fourth-order valence-electron chi connectivity index (χ4n) is 3.39. The highest BCUT2D eigenvalue weighted by Gasteiger charge is 2.21. The number of anilines is 2. The molecule has 142 valence electrons. The average Bonchev–Trinajstić information content (AvgIpc) is 2.68. The van der Waals surface area contributed by atoms with E-state index in [0.717, 1.165) is 19.0 Å². The van der Waals surface area contributed by atoms with Crippen LogP contribution in [0.2, 0.25) is 0 Å². The van der Waals surface area contributed by atoms with Crippen LogP contribution in [0, 0.1) is 5.82 Å². The number of hydrogen-bond acceptors (Lipinski definition) is 4. The predicted molar refractivity (Wildman–Crippen MR) is 101 cm³/mol. The van der Waals surface area contributed by atoms with Gasteiger partial charge in [0.05, 0.1) is 11.3 Å². The van der Waals surface area contributed by atoms with Crippen molar-refractivity contribution in [2.75, 3.05) is 17.3 Å². The largest absolute Gasteiger partial charge is 0.478 e. The second kappa shape index (κ2) is 8.16. The molecule has 0 atom stereocenters. The summed E-state index contributed by atoms with van der Waals surface area (Å²) < 4.78 is 14.6. The number of carboxylic acids is 1. The minimum atomic E-state index is -1.12. The van der Waals surface area contributed by atoms with Gasteiger partial charge in [-0.1, -0.05) is 19.3 Å². The lowest BCUT2D eigenvalue weighted by Crippen LogP contribution is -2.33. The number of halogens is 1. The highest BCUT2D eigenvalue weighted by atomic mass is 19.1. The number of rotatable bonds is 5. The van der Waals surface area contributed by atoms with E-state index in [9.17, 15) is 14.0 Å². The Kier molecular flexibility index (Phi) is 5.69. The Balaban J connectivity index is 1.69. The SMILES string of the molecule is CN(c1ccc(NC(=O)c2ccc(C(=O)O)cn2)cc1F)C1CCCCC1. The Morgan fingerprint density at radius 3 is 2.52 bits per heavy atom. The lowest BCUT2D eigenvalue weighted by atomic mass is 9.94. The van der Waals surface area contributed by atoms with Crippen molar-refractivity contribution in [1.29, 1.82) is 0 Å². The van der Waals surface area contributed by atoms with Crippen LogP contribution in [0.15, 0.2) is 36.5 Å². The Bertz CT molecular complexity index is 833. The van der Waals surface area contributed by atoms with E-state index in [1.807, 2.05) is 11.9 Å². The van der Waals surface area contributed by atoms with Gasteiger partial charge in [0, 0.05) is 25.0 Å². The molecule has 2 aromatic rings. The number of carbonyl (C=O) groups excluding carboxylic acids is 1. The van der Waals surface area contributed by atoms with E-state index in [-0.39, 0.29) is 11.3 Å². The first kappa shape index (κ1) is 18.8. The molecule has 1 aromatic carbocycles. The van der Waals surface area contributed by atoms with Crippen molar-refractivity contribution in [3.05, 3.63) is 53.6 Å². The van der Waals surface area contributed by atoms with Crippen molar-refractivity contribution in [2.24, 2.45) is 0 Å². The zero-order valence-electron chi connectivity index (χ0n) is 15.1. The van der Waals surface area contributed by atoms with Crippen LogP contribution < -0.4 is 10.2 Å². The molecule has 1 saturated carbocycles. The number of hydrogen-bond donors (Lipinski definition) is 2. The fraction of sp³-hybridized carbons (Fsp3) is 0.350. The van der Waals surface area contributed by atoms with Crippen LogP contribution in [-0.4, -0.2) is 35.1 Å². The van der Waals surface area contributed by atoms with Gasteiger partial charge < -0.3 is 15.3 Å². The lowest BCUT2D eigenvalue weighted by Gasteiger charge is -2.33. The van der Waals surface area contributed by atoms with Gasteiger partial charge in [0.1, 0.15) is 11.5 Å². The molecule has 0 bridgehead atoms. The first-order valence-corrected chi connectivity index (χ1v) is 8.99. The van der Waals surface area contributed by atoms with Gasteiger partial charge in [0.25, 0.3) is 5.91 Å². The topological polar surface area (TPSA) is 82.5 Å². The number of aromatic nitrogens is 1. The highest BCUT2D eigenvalue weighted by Crippen LogP contribution is 2.29. The average molecular weight is 371 g/mol. The first-order chi connectivity index (χ1) is 13.0. The normalized spacial score (nSPS) is 14.6. The number of nitrogens with zero attached hydrogens (tertiary/aromatic N) is 2. The molecule has 7 heteroatoms. The molecule has 0 radical (unpaired) electrons. The molecular weight excluding hydrogens is 349 g/mol. The maximum absolute atomic E-state index is 14.6. The fourth-order valence-corrected chi connectivity index (χ4v) is 3.39. The number of amides is 1. The number of carbonyl (C=O) groups is 2. The third-order valence-electron chi connectivity index (χ3n) is 4.95. The van der Waals surface area contributed by atoms with Crippen molar-refractivity contribution in [1.82, 2.24) is 4.98 Å². The van der Waals surface area contributed by atoms with Crippen LogP contribution in [0.25, 0.3) is 0 Å². The molecule has 1 amide bonds. The molecule has 0 spiro atoms. The quantitative estimate of drug-likeness (QED) is 0.832. The van der Waals surface area contributed by atoms with Crippen molar-refractivity contribution in [2.45, 2.75) is 38.1 Å². The Morgan fingerprint density at radius 2 is 1.93 bits per heavy atom. The van der Waals surface area contributed by atoms with Gasteiger partial charge in [-0.3, -0.25) is 9.78 Å². The van der Waals surface area contributed by atoms with Crippen LogP contribution in [0.3, 0.4) is 0 Å². The molecule has 1 heterocycles. The van der Waals surface area contributed by atoms with Gasteiger partial charge in [-0.25, -0.2) is 9.18 Å². The molecule has 0 aliphatic heterocycles. The lowest BCUT2D eigenvalue weighted by molar-refractivity contribution is 0.0695. The Hall–Kier alpha value is -2.96. The van der Waals surface area contributed by atoms with Gasteiger partial charge in [-0.2, -0.15) is 0 Å². The molecule has 1 fully saturated rings. The number of pyridine rings is 1. The summed E-state index contributed by atoms with van der Waals surface area (Å²) in [6.45, 7) is 0. The maximum atomic E-state index is 14.6. The van der Waals surface area contributed by atoms with Crippen molar-refractivity contribution in [3.8, 4) is 0 Å². The molecule has 2 N–H and O–H groups in total. The van der Waals surface area contributed by atoms with Crippen LogP contribution in [0.5, 0.6) is 0 Å². The van der Waals surface area contributed by atoms with Gasteiger partial charge in [-0.05, 0) is 43.2 Å². The van der Waals surface area contributed by atoms with Gasteiger partial charge in [0.15, 0.2) is 0 Å². The van der Waals surface area contributed by atoms with Crippen molar-refractivity contribution < 1.29 is 19.1 Å². The zero-order chi connectivity index (χ0) is 19.4. The molecular formula is C20H22FN3O3. The molecule has 1 aliphatic carbocycles. The summed E-state index contributed by atoms with van der Waals surface area (Å²) in [5.74, 6) is -2.04. The monoisotopic (exact) mass is 371 g/mol. The summed E-state index contributed by atoms with van der Waals surface area (Å²) in [5, 5.41) is 11.4.